The van der Waals surface area contributed by atoms with Gasteiger partial charge in [0.2, 0.25) is 0 Å². The number of allylic oxidation sites excluding steroid dienone is 1. The molecule has 0 amide bonds. The maximum Gasteiger partial charge on any atom is 0.183 e. The van der Waals surface area contributed by atoms with Gasteiger partial charge >= 0.3 is 0 Å². The van der Waals surface area contributed by atoms with Crippen LogP contribution in [-0.4, -0.2) is 19.8 Å². The zero-order valence-electron chi connectivity index (χ0n) is 20.5. The lowest BCUT2D eigenvalue weighted by atomic mass is 10.0. The van der Waals surface area contributed by atoms with E-state index in [0.717, 1.165) is 44.0 Å². The van der Waals surface area contributed by atoms with Gasteiger partial charge < -0.3 is 14.2 Å². The zero-order valence-corrected chi connectivity index (χ0v) is 20.5. The van der Waals surface area contributed by atoms with E-state index >= 15 is 0 Å². The van der Waals surface area contributed by atoms with Crippen molar-refractivity contribution in [2.75, 3.05) is 19.8 Å². The normalized spacial score (nSPS) is 18.2. The van der Waals surface area contributed by atoms with Crippen LogP contribution >= 0.6 is 0 Å². The second-order valence-corrected chi connectivity index (χ2v) is 9.20. The zero-order chi connectivity index (χ0) is 23.1. The van der Waals surface area contributed by atoms with Crippen molar-refractivity contribution >= 4 is 0 Å². The summed E-state index contributed by atoms with van der Waals surface area (Å²) in [5.74, 6) is 1.47. The summed E-state index contributed by atoms with van der Waals surface area (Å²) >= 11 is 0. The van der Waals surface area contributed by atoms with Gasteiger partial charge in [-0.25, -0.2) is 0 Å². The van der Waals surface area contributed by atoms with E-state index in [9.17, 15) is 0 Å². The SMILES string of the molecule is C=CCCCCCOc1ccc(-c2ccc([C@H]3OC[C@H](CCCCCCC)CO3)cc2)cc1. The molecule has 0 N–H and O–H groups in total. The fourth-order valence-corrected chi connectivity index (χ4v) is 4.27. The first-order valence-corrected chi connectivity index (χ1v) is 13.0. The minimum absolute atomic E-state index is 0.238. The van der Waals surface area contributed by atoms with E-state index in [1.165, 1.54) is 62.5 Å². The van der Waals surface area contributed by atoms with Crippen molar-refractivity contribution in [1.82, 2.24) is 0 Å². The third kappa shape index (κ3) is 8.98. The summed E-state index contributed by atoms with van der Waals surface area (Å²) in [6, 6.07) is 16.9. The summed E-state index contributed by atoms with van der Waals surface area (Å²) in [4.78, 5) is 0. The Kier molecular flexibility index (Phi) is 11.5. The van der Waals surface area contributed by atoms with Gasteiger partial charge in [-0.2, -0.15) is 0 Å². The van der Waals surface area contributed by atoms with Crippen molar-refractivity contribution < 1.29 is 14.2 Å². The van der Waals surface area contributed by atoms with Crippen LogP contribution in [0, 0.1) is 5.92 Å². The molecule has 0 radical (unpaired) electrons. The molecule has 3 rings (SSSR count). The molecule has 2 aromatic rings. The second-order valence-electron chi connectivity index (χ2n) is 9.20. The summed E-state index contributed by atoms with van der Waals surface area (Å²) in [6.45, 7) is 8.40. The number of hydrogen-bond donors (Lipinski definition) is 0. The molecule has 0 spiro atoms. The number of hydrogen-bond acceptors (Lipinski definition) is 3. The molecular weight excluding hydrogens is 408 g/mol. The lowest BCUT2D eigenvalue weighted by Crippen LogP contribution is -2.27. The molecule has 0 atom stereocenters. The molecular formula is C30H42O3. The van der Waals surface area contributed by atoms with Gasteiger partial charge in [0.15, 0.2) is 6.29 Å². The molecule has 0 saturated carbocycles. The highest BCUT2D eigenvalue weighted by Gasteiger charge is 2.23. The Bertz CT molecular complexity index is 773. The highest BCUT2D eigenvalue weighted by Crippen LogP contribution is 2.30. The Balaban J connectivity index is 1.40. The number of ether oxygens (including phenoxy) is 3. The molecule has 3 nitrogen and oxygen atoms in total. The average molecular weight is 451 g/mol. The molecule has 1 heterocycles. The Morgan fingerprint density at radius 3 is 2.12 bits per heavy atom. The second kappa shape index (κ2) is 14.9. The Morgan fingerprint density at radius 1 is 0.818 bits per heavy atom. The Labute approximate surface area is 201 Å². The van der Waals surface area contributed by atoms with Crippen LogP contribution in [-0.2, 0) is 9.47 Å². The van der Waals surface area contributed by atoms with Gasteiger partial charge in [-0.15, -0.1) is 6.58 Å². The third-order valence-electron chi connectivity index (χ3n) is 6.37. The minimum atomic E-state index is -0.238. The maximum absolute atomic E-state index is 6.04. The van der Waals surface area contributed by atoms with Crippen LogP contribution in [0.15, 0.2) is 61.2 Å². The highest BCUT2D eigenvalue weighted by molar-refractivity contribution is 5.64. The average Bonchev–Trinajstić information content (AvgIpc) is 2.87. The van der Waals surface area contributed by atoms with Crippen LogP contribution in [0.2, 0.25) is 0 Å². The van der Waals surface area contributed by atoms with E-state index in [0.29, 0.717) is 5.92 Å². The molecule has 3 heteroatoms. The number of rotatable bonds is 15. The van der Waals surface area contributed by atoms with Crippen molar-refractivity contribution in [3.63, 3.8) is 0 Å². The molecule has 180 valence electrons. The number of benzene rings is 2. The molecule has 0 aliphatic carbocycles. The molecule has 1 fully saturated rings. The van der Waals surface area contributed by atoms with Crippen LogP contribution in [0.4, 0.5) is 0 Å². The van der Waals surface area contributed by atoms with E-state index in [4.69, 9.17) is 14.2 Å². The van der Waals surface area contributed by atoms with Gasteiger partial charge in [0.25, 0.3) is 0 Å². The van der Waals surface area contributed by atoms with Gasteiger partial charge in [-0.3, -0.25) is 0 Å². The lowest BCUT2D eigenvalue weighted by molar-refractivity contribution is -0.206. The van der Waals surface area contributed by atoms with E-state index in [-0.39, 0.29) is 6.29 Å². The lowest BCUT2D eigenvalue weighted by Gasteiger charge is -2.29. The van der Waals surface area contributed by atoms with Gasteiger partial charge in [-0.05, 0) is 55.4 Å². The summed E-state index contributed by atoms with van der Waals surface area (Å²) in [5, 5.41) is 0. The van der Waals surface area contributed by atoms with Crippen molar-refractivity contribution in [2.45, 2.75) is 77.4 Å². The smallest absolute Gasteiger partial charge is 0.183 e. The first-order chi connectivity index (χ1) is 16.3. The Morgan fingerprint density at radius 2 is 1.45 bits per heavy atom. The maximum atomic E-state index is 6.04. The van der Waals surface area contributed by atoms with Gasteiger partial charge in [0.05, 0.1) is 19.8 Å². The highest BCUT2D eigenvalue weighted by atomic mass is 16.7. The molecule has 33 heavy (non-hydrogen) atoms. The molecule has 1 saturated heterocycles. The van der Waals surface area contributed by atoms with Crippen LogP contribution < -0.4 is 4.74 Å². The van der Waals surface area contributed by atoms with Crippen molar-refractivity contribution in [1.29, 1.82) is 0 Å². The van der Waals surface area contributed by atoms with Crippen LogP contribution in [0.5, 0.6) is 5.75 Å². The summed E-state index contributed by atoms with van der Waals surface area (Å²) in [7, 11) is 0. The third-order valence-corrected chi connectivity index (χ3v) is 6.37. The molecule has 2 aromatic carbocycles. The van der Waals surface area contributed by atoms with Gasteiger partial charge in [0.1, 0.15) is 5.75 Å². The standard InChI is InChI=1S/C30H42O3/c1-3-5-7-9-11-13-25-23-32-30(33-24-25)28-16-14-26(15-17-28)27-18-20-29(21-19-27)31-22-12-10-8-6-4-2/h4,14-21,25,30H,2-3,5-13,22-24H2,1H3/t25-,30-. The molecule has 0 bridgehead atoms. The van der Waals surface area contributed by atoms with Crippen LogP contribution in [0.1, 0.15) is 83.0 Å². The van der Waals surface area contributed by atoms with E-state index in [2.05, 4.69) is 62.0 Å². The predicted octanol–water partition coefficient (Wildman–Crippen LogP) is 8.50. The molecule has 1 aliphatic heterocycles. The largest absolute Gasteiger partial charge is 0.494 e. The van der Waals surface area contributed by atoms with E-state index < -0.39 is 0 Å². The van der Waals surface area contributed by atoms with Gasteiger partial charge in [-0.1, -0.05) is 81.5 Å². The molecule has 0 unspecified atom stereocenters. The summed E-state index contributed by atoms with van der Waals surface area (Å²) in [6.07, 6.45) is 14.1. The predicted molar refractivity (Wildman–Crippen MR) is 138 cm³/mol. The van der Waals surface area contributed by atoms with Crippen LogP contribution in [0.3, 0.4) is 0 Å². The van der Waals surface area contributed by atoms with Crippen LogP contribution in [0.25, 0.3) is 11.1 Å². The first-order valence-electron chi connectivity index (χ1n) is 13.0. The fourth-order valence-electron chi connectivity index (χ4n) is 4.27. The Hall–Kier alpha value is -2.10. The fraction of sp³-hybridized carbons (Fsp3) is 0.533. The van der Waals surface area contributed by atoms with Gasteiger partial charge in [0, 0.05) is 11.5 Å². The first kappa shape index (κ1) is 25.5. The topological polar surface area (TPSA) is 27.7 Å². The van der Waals surface area contributed by atoms with Crippen molar-refractivity contribution in [3.05, 3.63) is 66.7 Å². The summed E-state index contributed by atoms with van der Waals surface area (Å²) < 4.78 is 17.9. The number of unbranched alkanes of at least 4 members (excludes halogenated alkanes) is 7. The molecule has 1 aliphatic rings. The monoisotopic (exact) mass is 450 g/mol. The van der Waals surface area contributed by atoms with E-state index in [1.54, 1.807) is 0 Å². The van der Waals surface area contributed by atoms with Crippen molar-refractivity contribution in [2.24, 2.45) is 5.92 Å². The molecule has 0 aromatic heterocycles. The quantitative estimate of drug-likeness (QED) is 0.201. The minimum Gasteiger partial charge on any atom is -0.494 e. The summed E-state index contributed by atoms with van der Waals surface area (Å²) in [5.41, 5.74) is 3.47. The van der Waals surface area contributed by atoms with E-state index in [1.807, 2.05) is 6.08 Å². The van der Waals surface area contributed by atoms with Crippen molar-refractivity contribution in [3.8, 4) is 16.9 Å².